The number of hydrogen-bond acceptors (Lipinski definition) is 2. The van der Waals surface area contributed by atoms with Crippen LogP contribution in [0.3, 0.4) is 0 Å². The molecule has 1 rings (SSSR count). The van der Waals surface area contributed by atoms with E-state index in [9.17, 15) is 9.59 Å². The van der Waals surface area contributed by atoms with Crippen molar-refractivity contribution in [3.8, 4) is 0 Å². The van der Waals surface area contributed by atoms with Gasteiger partial charge in [-0.2, -0.15) is 0 Å². The van der Waals surface area contributed by atoms with E-state index >= 15 is 0 Å². The molecule has 4 nitrogen and oxygen atoms in total. The summed E-state index contributed by atoms with van der Waals surface area (Å²) in [5.41, 5.74) is 2.27. The Kier molecular flexibility index (Phi) is 5.11. The van der Waals surface area contributed by atoms with Crippen LogP contribution in [0.4, 0.5) is 11.4 Å². The van der Waals surface area contributed by atoms with Gasteiger partial charge in [-0.3, -0.25) is 9.59 Å². The minimum Gasteiger partial charge on any atom is -0.326 e. The zero-order valence-corrected chi connectivity index (χ0v) is 10.9. The van der Waals surface area contributed by atoms with Gasteiger partial charge in [0.25, 0.3) is 0 Å². The lowest BCUT2D eigenvalue weighted by molar-refractivity contribution is -0.116. The quantitative estimate of drug-likeness (QED) is 0.802. The third-order valence-electron chi connectivity index (χ3n) is 2.50. The summed E-state index contributed by atoms with van der Waals surface area (Å²) in [5, 5.41) is 5.56. The molecule has 96 valence electrons. The van der Waals surface area contributed by atoms with Gasteiger partial charge in [-0.05, 0) is 37.6 Å². The van der Waals surface area contributed by atoms with E-state index in [0.29, 0.717) is 12.1 Å². The molecule has 0 aliphatic rings. The van der Waals surface area contributed by atoms with E-state index in [1.54, 1.807) is 32.1 Å². The average molecular weight is 246 g/mol. The van der Waals surface area contributed by atoms with Gasteiger partial charge in [0.1, 0.15) is 0 Å². The van der Waals surface area contributed by atoms with Crippen LogP contribution >= 0.6 is 0 Å². The van der Waals surface area contributed by atoms with Crippen LogP contribution in [-0.4, -0.2) is 11.8 Å². The van der Waals surface area contributed by atoms with Crippen molar-refractivity contribution in [1.29, 1.82) is 0 Å². The molecule has 0 spiro atoms. The van der Waals surface area contributed by atoms with Crippen molar-refractivity contribution in [3.63, 3.8) is 0 Å². The Labute approximate surface area is 107 Å². The highest BCUT2D eigenvalue weighted by Gasteiger charge is 2.07. The van der Waals surface area contributed by atoms with Gasteiger partial charge < -0.3 is 10.6 Å². The van der Waals surface area contributed by atoms with Crippen LogP contribution in [-0.2, 0) is 9.59 Å². The van der Waals surface area contributed by atoms with E-state index in [2.05, 4.69) is 10.6 Å². The predicted molar refractivity (Wildman–Crippen MR) is 73.5 cm³/mol. The lowest BCUT2D eigenvalue weighted by Gasteiger charge is -2.12. The maximum Gasteiger partial charge on any atom is 0.248 e. The number of hydrogen-bond donors (Lipinski definition) is 2. The first-order valence-corrected chi connectivity index (χ1v) is 5.91. The zero-order valence-electron chi connectivity index (χ0n) is 10.9. The summed E-state index contributed by atoms with van der Waals surface area (Å²) in [6, 6.07) is 5.41. The summed E-state index contributed by atoms with van der Waals surface area (Å²) in [6.07, 6.45) is 3.55. The van der Waals surface area contributed by atoms with Crippen LogP contribution < -0.4 is 10.6 Å². The van der Waals surface area contributed by atoms with E-state index in [-0.39, 0.29) is 11.8 Å². The first-order valence-electron chi connectivity index (χ1n) is 5.91. The monoisotopic (exact) mass is 246 g/mol. The first-order chi connectivity index (χ1) is 8.58. The summed E-state index contributed by atoms with van der Waals surface area (Å²) in [4.78, 5) is 22.8. The molecule has 1 aromatic rings. The molecule has 2 N–H and O–H groups in total. The van der Waals surface area contributed by atoms with Gasteiger partial charge in [0, 0.05) is 17.8 Å². The number of amides is 2. The molecule has 18 heavy (non-hydrogen) atoms. The number of rotatable bonds is 4. The molecular weight excluding hydrogens is 228 g/mol. The maximum atomic E-state index is 11.5. The molecule has 0 aliphatic carbocycles. The van der Waals surface area contributed by atoms with Gasteiger partial charge in [-0.1, -0.05) is 19.1 Å². The summed E-state index contributed by atoms with van der Waals surface area (Å²) in [5.74, 6) is -0.227. The number of carbonyl (C=O) groups excluding carboxylic acids is 2. The van der Waals surface area contributed by atoms with E-state index in [0.717, 1.165) is 11.3 Å². The predicted octanol–water partition coefficient (Wildman–Crippen LogP) is 2.86. The zero-order chi connectivity index (χ0) is 13.5. The smallest absolute Gasteiger partial charge is 0.248 e. The highest BCUT2D eigenvalue weighted by Crippen LogP contribution is 2.23. The molecule has 0 heterocycles. The molecule has 4 heteroatoms. The van der Waals surface area contributed by atoms with Crippen LogP contribution in [0.15, 0.2) is 30.4 Å². The van der Waals surface area contributed by atoms with Crippen molar-refractivity contribution >= 4 is 23.2 Å². The van der Waals surface area contributed by atoms with E-state index < -0.39 is 0 Å². The van der Waals surface area contributed by atoms with Crippen LogP contribution in [0, 0.1) is 6.92 Å². The summed E-state index contributed by atoms with van der Waals surface area (Å²) in [6.45, 7) is 5.43. The molecule has 0 atom stereocenters. The van der Waals surface area contributed by atoms with E-state index in [1.165, 1.54) is 6.08 Å². The molecule has 0 aliphatic heterocycles. The van der Waals surface area contributed by atoms with Gasteiger partial charge in [0.05, 0.1) is 0 Å². The fourth-order valence-electron chi connectivity index (χ4n) is 1.47. The topological polar surface area (TPSA) is 58.2 Å². The molecule has 0 saturated heterocycles. The fraction of sp³-hybridized carbons (Fsp3) is 0.286. The number of allylic oxidation sites excluding steroid dienone is 1. The molecule has 0 radical (unpaired) electrons. The Bertz CT molecular complexity index is 479. The highest BCUT2D eigenvalue weighted by molar-refractivity contribution is 6.01. The molecule has 0 unspecified atom stereocenters. The standard InChI is InChI=1S/C14H18N2O2/c1-4-7-14(18)16-12-9-6-8-11(10(12)3)15-13(17)5-2/h4,6-9H,5H2,1-3H3,(H,15,17)(H,16,18)/b7-4+. The third kappa shape index (κ3) is 3.73. The fourth-order valence-corrected chi connectivity index (χ4v) is 1.47. The lowest BCUT2D eigenvalue weighted by atomic mass is 10.1. The molecule has 1 aromatic carbocycles. The molecule has 2 amide bonds. The summed E-state index contributed by atoms with van der Waals surface area (Å²) >= 11 is 0. The van der Waals surface area contributed by atoms with Gasteiger partial charge in [-0.15, -0.1) is 0 Å². The summed E-state index contributed by atoms with van der Waals surface area (Å²) < 4.78 is 0. The van der Waals surface area contributed by atoms with E-state index in [1.807, 2.05) is 13.0 Å². The Hall–Kier alpha value is -2.10. The highest BCUT2D eigenvalue weighted by atomic mass is 16.2. The summed E-state index contributed by atoms with van der Waals surface area (Å²) in [7, 11) is 0. The van der Waals surface area contributed by atoms with Crippen molar-refractivity contribution in [2.24, 2.45) is 0 Å². The van der Waals surface area contributed by atoms with Crippen molar-refractivity contribution in [1.82, 2.24) is 0 Å². The van der Waals surface area contributed by atoms with Crippen LogP contribution in [0.2, 0.25) is 0 Å². The Morgan fingerprint density at radius 2 is 1.83 bits per heavy atom. The third-order valence-corrected chi connectivity index (χ3v) is 2.50. The van der Waals surface area contributed by atoms with Crippen molar-refractivity contribution in [2.45, 2.75) is 27.2 Å². The largest absolute Gasteiger partial charge is 0.326 e. The maximum absolute atomic E-state index is 11.5. The van der Waals surface area contributed by atoms with Crippen LogP contribution in [0.5, 0.6) is 0 Å². The Morgan fingerprint density at radius 3 is 2.39 bits per heavy atom. The lowest BCUT2D eigenvalue weighted by Crippen LogP contribution is -2.13. The second-order valence-electron chi connectivity index (χ2n) is 3.87. The number of benzene rings is 1. The second kappa shape index (κ2) is 6.59. The van der Waals surface area contributed by atoms with E-state index in [4.69, 9.17) is 0 Å². The SMILES string of the molecule is C/C=C/C(=O)Nc1cccc(NC(=O)CC)c1C. The van der Waals surface area contributed by atoms with Crippen molar-refractivity contribution < 1.29 is 9.59 Å². The van der Waals surface area contributed by atoms with Crippen LogP contribution in [0.1, 0.15) is 25.8 Å². The second-order valence-corrected chi connectivity index (χ2v) is 3.87. The number of anilines is 2. The van der Waals surface area contributed by atoms with Gasteiger partial charge in [-0.25, -0.2) is 0 Å². The van der Waals surface area contributed by atoms with Gasteiger partial charge in [0.15, 0.2) is 0 Å². The van der Waals surface area contributed by atoms with Crippen LogP contribution in [0.25, 0.3) is 0 Å². The van der Waals surface area contributed by atoms with Crippen molar-refractivity contribution in [2.75, 3.05) is 10.6 Å². The average Bonchev–Trinajstić information content (AvgIpc) is 2.34. The molecule has 0 fully saturated rings. The minimum atomic E-state index is -0.181. The number of nitrogens with one attached hydrogen (secondary N) is 2. The Morgan fingerprint density at radius 1 is 1.22 bits per heavy atom. The Balaban J connectivity index is 2.91. The normalized spacial score (nSPS) is 10.4. The van der Waals surface area contributed by atoms with Gasteiger partial charge in [0.2, 0.25) is 11.8 Å². The molecular formula is C14H18N2O2. The van der Waals surface area contributed by atoms with Gasteiger partial charge >= 0.3 is 0 Å². The molecule has 0 bridgehead atoms. The molecule has 0 aromatic heterocycles. The van der Waals surface area contributed by atoms with Crippen molar-refractivity contribution in [3.05, 3.63) is 35.9 Å². The number of carbonyl (C=O) groups is 2. The molecule has 0 saturated carbocycles. The first kappa shape index (κ1) is 14.0. The minimum absolute atomic E-state index is 0.0463.